The third-order valence-corrected chi connectivity index (χ3v) is 13.0. The topological polar surface area (TPSA) is 43.6 Å². The Hall–Kier alpha value is -8.73. The first-order chi connectivity index (χ1) is 32.2. The molecular formula is C61H38N4. The number of para-hydroxylation sites is 3. The number of imidazole rings is 1. The van der Waals surface area contributed by atoms with Crippen LogP contribution in [-0.2, 0) is 0 Å². The standard InChI is InChI=1S/C61H38N4/c1-2-18-46(19-3-1)65-56-27-11-10-26-55(56)64-61(65)43-32-28-40(29-33-43)53-36-34-41-30-31-42-35-37-54(63-60(42)59(41)62-53)44-16-12-17-45(38-44)57-49-21-6-8-23-51(49)58(52-24-9-7-22-50(52)57)48-25-13-15-39-14-4-5-20-47(39)48/h1-38H. The molecule has 4 heteroatoms. The number of aromatic nitrogens is 4. The predicted molar refractivity (Wildman–Crippen MR) is 271 cm³/mol. The summed E-state index contributed by atoms with van der Waals surface area (Å²) in [6.45, 7) is 0. The average Bonchev–Trinajstić information content (AvgIpc) is 3.77. The van der Waals surface area contributed by atoms with E-state index in [-0.39, 0.29) is 0 Å². The molecule has 0 fully saturated rings. The predicted octanol–water partition coefficient (Wildman–Crippen LogP) is 15.9. The van der Waals surface area contributed by atoms with Gasteiger partial charge in [-0.2, -0.15) is 0 Å². The molecule has 0 N–H and O–H groups in total. The van der Waals surface area contributed by atoms with Crippen LogP contribution in [0.5, 0.6) is 0 Å². The monoisotopic (exact) mass is 826 g/mol. The number of fused-ring (bicyclic) bond motifs is 7. The van der Waals surface area contributed by atoms with Crippen molar-refractivity contribution in [2.75, 3.05) is 0 Å². The highest BCUT2D eigenvalue weighted by Crippen LogP contribution is 2.46. The van der Waals surface area contributed by atoms with Crippen LogP contribution in [-0.4, -0.2) is 19.5 Å². The minimum absolute atomic E-state index is 0.883. The molecule has 65 heavy (non-hydrogen) atoms. The molecule has 0 aliphatic rings. The second kappa shape index (κ2) is 15.0. The van der Waals surface area contributed by atoms with E-state index < -0.39 is 0 Å². The van der Waals surface area contributed by atoms with Crippen molar-refractivity contribution in [3.63, 3.8) is 0 Å². The van der Waals surface area contributed by atoms with Crippen LogP contribution in [0.25, 0.3) is 127 Å². The molecule has 13 aromatic rings. The summed E-state index contributed by atoms with van der Waals surface area (Å²) in [5.74, 6) is 0.904. The fraction of sp³-hybridized carbons (Fsp3) is 0. The Balaban J connectivity index is 0.905. The molecule has 0 bridgehead atoms. The van der Waals surface area contributed by atoms with Gasteiger partial charge in [0.05, 0.1) is 33.5 Å². The van der Waals surface area contributed by atoms with Crippen LogP contribution in [0.4, 0.5) is 0 Å². The molecule has 0 aliphatic carbocycles. The lowest BCUT2D eigenvalue weighted by atomic mass is 9.84. The summed E-state index contributed by atoms with van der Waals surface area (Å²) in [6.07, 6.45) is 0. The van der Waals surface area contributed by atoms with Gasteiger partial charge in [0.1, 0.15) is 5.82 Å². The van der Waals surface area contributed by atoms with Crippen LogP contribution < -0.4 is 0 Å². The summed E-state index contributed by atoms with van der Waals surface area (Å²) in [6, 6.07) is 82.2. The van der Waals surface area contributed by atoms with Crippen molar-refractivity contribution < 1.29 is 0 Å². The molecule has 0 spiro atoms. The van der Waals surface area contributed by atoms with E-state index in [4.69, 9.17) is 15.0 Å². The van der Waals surface area contributed by atoms with E-state index in [1.165, 1.54) is 49.0 Å². The van der Waals surface area contributed by atoms with Crippen LogP contribution in [0, 0.1) is 0 Å². The third-order valence-electron chi connectivity index (χ3n) is 13.0. The first-order valence-electron chi connectivity index (χ1n) is 22.1. The zero-order valence-electron chi connectivity index (χ0n) is 35.2. The second-order valence-electron chi connectivity index (χ2n) is 16.7. The van der Waals surface area contributed by atoms with E-state index >= 15 is 0 Å². The van der Waals surface area contributed by atoms with Crippen LogP contribution in [0.3, 0.4) is 0 Å². The van der Waals surface area contributed by atoms with Gasteiger partial charge in [0.25, 0.3) is 0 Å². The maximum Gasteiger partial charge on any atom is 0.145 e. The second-order valence-corrected chi connectivity index (χ2v) is 16.7. The fourth-order valence-electron chi connectivity index (χ4n) is 9.94. The molecule has 0 saturated carbocycles. The Morgan fingerprint density at radius 2 is 0.831 bits per heavy atom. The maximum atomic E-state index is 5.39. The first-order valence-corrected chi connectivity index (χ1v) is 22.1. The van der Waals surface area contributed by atoms with E-state index in [2.05, 4.69) is 223 Å². The van der Waals surface area contributed by atoms with Gasteiger partial charge in [0.15, 0.2) is 0 Å². The Morgan fingerprint density at radius 3 is 1.54 bits per heavy atom. The van der Waals surface area contributed by atoms with Crippen LogP contribution in [0.2, 0.25) is 0 Å². The molecule has 3 heterocycles. The smallest absolute Gasteiger partial charge is 0.145 e. The van der Waals surface area contributed by atoms with Gasteiger partial charge in [0.2, 0.25) is 0 Å². The lowest BCUT2D eigenvalue weighted by Gasteiger charge is -2.19. The minimum atomic E-state index is 0.883. The molecular weight excluding hydrogens is 789 g/mol. The van der Waals surface area contributed by atoms with Gasteiger partial charge in [-0.15, -0.1) is 0 Å². The molecule has 0 aliphatic heterocycles. The van der Waals surface area contributed by atoms with E-state index in [9.17, 15) is 0 Å². The van der Waals surface area contributed by atoms with E-state index in [1.54, 1.807) is 0 Å². The summed E-state index contributed by atoms with van der Waals surface area (Å²) in [5, 5.41) is 9.53. The van der Waals surface area contributed by atoms with Crippen molar-refractivity contribution in [1.29, 1.82) is 0 Å². The van der Waals surface area contributed by atoms with Gasteiger partial charge in [-0.1, -0.05) is 188 Å². The quantitative estimate of drug-likeness (QED) is 0.124. The SMILES string of the molecule is c1ccc(-n2c(-c3ccc(-c4ccc5ccc6ccc(-c7cccc(-c8c9ccccc9c(-c9cccc%10ccccc9%10)c9ccccc89)c7)nc6c5n4)cc3)nc3ccccc32)cc1. The summed E-state index contributed by atoms with van der Waals surface area (Å²) in [5.41, 5.74) is 14.7. The highest BCUT2D eigenvalue weighted by molar-refractivity contribution is 6.23. The summed E-state index contributed by atoms with van der Waals surface area (Å²) >= 11 is 0. The van der Waals surface area contributed by atoms with Gasteiger partial charge in [0, 0.05) is 33.2 Å². The molecule has 3 aromatic heterocycles. The van der Waals surface area contributed by atoms with Crippen LogP contribution >= 0.6 is 0 Å². The van der Waals surface area contributed by atoms with Gasteiger partial charge >= 0.3 is 0 Å². The molecule has 13 rings (SSSR count). The number of hydrogen-bond donors (Lipinski definition) is 0. The Kier molecular flexibility index (Phi) is 8.50. The molecule has 302 valence electrons. The molecule has 0 amide bonds. The van der Waals surface area contributed by atoms with E-state index in [0.29, 0.717) is 0 Å². The lowest BCUT2D eigenvalue weighted by molar-refractivity contribution is 1.10. The summed E-state index contributed by atoms with van der Waals surface area (Å²) in [4.78, 5) is 15.8. The minimum Gasteiger partial charge on any atom is -0.292 e. The number of rotatable bonds is 6. The number of hydrogen-bond acceptors (Lipinski definition) is 3. The van der Waals surface area contributed by atoms with Crippen molar-refractivity contribution in [2.24, 2.45) is 0 Å². The first kappa shape index (κ1) is 36.9. The third kappa shape index (κ3) is 6.11. The highest BCUT2D eigenvalue weighted by Gasteiger charge is 2.19. The lowest BCUT2D eigenvalue weighted by Crippen LogP contribution is -1.97. The highest BCUT2D eigenvalue weighted by atomic mass is 15.1. The van der Waals surface area contributed by atoms with Crippen LogP contribution in [0.15, 0.2) is 231 Å². The molecule has 0 radical (unpaired) electrons. The largest absolute Gasteiger partial charge is 0.292 e. The summed E-state index contributed by atoms with van der Waals surface area (Å²) in [7, 11) is 0. The molecule has 4 nitrogen and oxygen atoms in total. The Labute approximate surface area is 375 Å². The van der Waals surface area contributed by atoms with Crippen molar-refractivity contribution in [1.82, 2.24) is 19.5 Å². The van der Waals surface area contributed by atoms with E-state index in [0.717, 1.165) is 78.0 Å². The average molecular weight is 827 g/mol. The van der Waals surface area contributed by atoms with Crippen molar-refractivity contribution in [2.45, 2.75) is 0 Å². The number of benzene rings is 10. The van der Waals surface area contributed by atoms with Gasteiger partial charge in [-0.25, -0.2) is 15.0 Å². The Bertz CT molecular complexity index is 3940. The zero-order valence-corrected chi connectivity index (χ0v) is 35.2. The van der Waals surface area contributed by atoms with Crippen molar-refractivity contribution in [3.8, 4) is 61.8 Å². The molecule has 0 saturated heterocycles. The number of pyridine rings is 2. The Morgan fingerprint density at radius 1 is 0.308 bits per heavy atom. The van der Waals surface area contributed by atoms with Gasteiger partial charge in [-0.3, -0.25) is 4.57 Å². The zero-order chi connectivity index (χ0) is 42.8. The molecule has 0 atom stereocenters. The van der Waals surface area contributed by atoms with Crippen molar-refractivity contribution >= 4 is 65.2 Å². The van der Waals surface area contributed by atoms with Gasteiger partial charge < -0.3 is 0 Å². The molecule has 10 aromatic carbocycles. The normalized spacial score (nSPS) is 11.7. The van der Waals surface area contributed by atoms with E-state index in [1.807, 2.05) is 12.1 Å². The fourth-order valence-corrected chi connectivity index (χ4v) is 9.94. The molecule has 0 unspecified atom stereocenters. The maximum absolute atomic E-state index is 5.39. The van der Waals surface area contributed by atoms with Crippen LogP contribution in [0.1, 0.15) is 0 Å². The summed E-state index contributed by atoms with van der Waals surface area (Å²) < 4.78 is 2.23. The van der Waals surface area contributed by atoms with Gasteiger partial charge in [-0.05, 0) is 97.0 Å². The van der Waals surface area contributed by atoms with Crippen molar-refractivity contribution in [3.05, 3.63) is 231 Å². The number of nitrogens with zero attached hydrogens (tertiary/aromatic N) is 4.